The molecule has 25 heavy (non-hydrogen) atoms. The molecule has 0 unspecified atom stereocenters. The van der Waals surface area contributed by atoms with Crippen LogP contribution in [-0.4, -0.2) is 20.5 Å². The van der Waals surface area contributed by atoms with E-state index in [4.69, 9.17) is 14.2 Å². The molecule has 128 valence electrons. The van der Waals surface area contributed by atoms with E-state index in [-0.39, 0.29) is 6.79 Å². The second-order valence-electron chi connectivity index (χ2n) is 5.61. The van der Waals surface area contributed by atoms with Gasteiger partial charge in [0.15, 0.2) is 18.3 Å². The third-order valence-electron chi connectivity index (χ3n) is 3.93. The molecule has 3 rings (SSSR count). The summed E-state index contributed by atoms with van der Waals surface area (Å²) >= 11 is 0. The highest BCUT2D eigenvalue weighted by molar-refractivity contribution is 5.86. The quantitative estimate of drug-likeness (QED) is 0.329. The SMILES string of the molecule is CCOCOc1cc(/C=C/c2ccc3ccccc3c2)ccc1OC. The van der Waals surface area contributed by atoms with Crippen LogP contribution in [0.1, 0.15) is 18.1 Å². The van der Waals surface area contributed by atoms with E-state index in [1.165, 1.54) is 10.8 Å². The van der Waals surface area contributed by atoms with Crippen LogP contribution in [0.15, 0.2) is 60.7 Å². The number of methoxy groups -OCH3 is 1. The number of hydrogen-bond donors (Lipinski definition) is 0. The van der Waals surface area contributed by atoms with Gasteiger partial charge in [-0.15, -0.1) is 0 Å². The van der Waals surface area contributed by atoms with Gasteiger partial charge in [0.25, 0.3) is 0 Å². The molecule has 0 radical (unpaired) electrons. The molecule has 3 heteroatoms. The van der Waals surface area contributed by atoms with E-state index in [0.717, 1.165) is 11.1 Å². The first-order valence-corrected chi connectivity index (χ1v) is 8.35. The summed E-state index contributed by atoms with van der Waals surface area (Å²) < 4.78 is 16.2. The number of hydrogen-bond acceptors (Lipinski definition) is 3. The van der Waals surface area contributed by atoms with Gasteiger partial charge in [-0.25, -0.2) is 0 Å². The van der Waals surface area contributed by atoms with Crippen LogP contribution in [-0.2, 0) is 4.74 Å². The van der Waals surface area contributed by atoms with Gasteiger partial charge in [0.1, 0.15) is 0 Å². The van der Waals surface area contributed by atoms with Crippen LogP contribution in [0.4, 0.5) is 0 Å². The zero-order chi connectivity index (χ0) is 17.5. The topological polar surface area (TPSA) is 27.7 Å². The first-order valence-electron chi connectivity index (χ1n) is 8.35. The van der Waals surface area contributed by atoms with Crippen LogP contribution < -0.4 is 9.47 Å². The van der Waals surface area contributed by atoms with Crippen LogP contribution in [0.5, 0.6) is 11.5 Å². The molecule has 3 aromatic carbocycles. The third kappa shape index (κ3) is 4.40. The van der Waals surface area contributed by atoms with Gasteiger partial charge in [-0.05, 0) is 47.0 Å². The molecule has 0 spiro atoms. The largest absolute Gasteiger partial charge is 0.493 e. The molecule has 0 saturated heterocycles. The first-order chi connectivity index (χ1) is 12.3. The first kappa shape index (κ1) is 17.1. The number of rotatable bonds is 7. The van der Waals surface area contributed by atoms with Crippen molar-refractivity contribution in [3.63, 3.8) is 0 Å². The Balaban J connectivity index is 1.80. The maximum atomic E-state index is 5.64. The van der Waals surface area contributed by atoms with Crippen molar-refractivity contribution < 1.29 is 14.2 Å². The Morgan fingerprint density at radius 1 is 0.800 bits per heavy atom. The predicted octanol–water partition coefficient (Wildman–Crippen LogP) is 5.39. The summed E-state index contributed by atoms with van der Waals surface area (Å²) in [5.41, 5.74) is 2.20. The zero-order valence-electron chi connectivity index (χ0n) is 14.6. The van der Waals surface area contributed by atoms with Gasteiger partial charge in [-0.1, -0.05) is 54.6 Å². The minimum absolute atomic E-state index is 0.213. The van der Waals surface area contributed by atoms with E-state index in [0.29, 0.717) is 18.1 Å². The van der Waals surface area contributed by atoms with Crippen molar-refractivity contribution in [1.82, 2.24) is 0 Å². The lowest BCUT2D eigenvalue weighted by atomic mass is 10.1. The monoisotopic (exact) mass is 334 g/mol. The molecule has 3 nitrogen and oxygen atoms in total. The molecule has 0 amide bonds. The Morgan fingerprint density at radius 2 is 1.52 bits per heavy atom. The van der Waals surface area contributed by atoms with E-state index >= 15 is 0 Å². The van der Waals surface area contributed by atoms with Crippen molar-refractivity contribution in [2.45, 2.75) is 6.92 Å². The van der Waals surface area contributed by atoms with Crippen LogP contribution in [0, 0.1) is 0 Å². The zero-order valence-corrected chi connectivity index (χ0v) is 14.6. The lowest BCUT2D eigenvalue weighted by Gasteiger charge is -2.11. The number of ether oxygens (including phenoxy) is 3. The molecule has 0 aliphatic carbocycles. The van der Waals surface area contributed by atoms with Crippen molar-refractivity contribution >= 4 is 22.9 Å². The van der Waals surface area contributed by atoms with E-state index in [1.54, 1.807) is 7.11 Å². The molecule has 0 bridgehead atoms. The van der Waals surface area contributed by atoms with E-state index in [1.807, 2.05) is 25.1 Å². The van der Waals surface area contributed by atoms with Crippen molar-refractivity contribution in [2.75, 3.05) is 20.5 Å². The summed E-state index contributed by atoms with van der Waals surface area (Å²) in [6.45, 7) is 2.76. The minimum atomic E-state index is 0.213. The summed E-state index contributed by atoms with van der Waals surface area (Å²) in [5, 5.41) is 2.48. The maximum absolute atomic E-state index is 5.64. The Hall–Kier alpha value is -2.78. The van der Waals surface area contributed by atoms with Crippen LogP contribution in [0.25, 0.3) is 22.9 Å². The van der Waals surface area contributed by atoms with Gasteiger partial charge in [0, 0.05) is 6.61 Å². The molecule has 0 fully saturated rings. The molecule has 0 aromatic heterocycles. The van der Waals surface area contributed by atoms with Crippen molar-refractivity contribution in [2.24, 2.45) is 0 Å². The molecule has 0 N–H and O–H groups in total. The summed E-state index contributed by atoms with van der Waals surface area (Å²) in [4.78, 5) is 0. The Labute approximate surface area is 148 Å². The lowest BCUT2D eigenvalue weighted by Crippen LogP contribution is -2.03. The highest BCUT2D eigenvalue weighted by Gasteiger charge is 2.04. The van der Waals surface area contributed by atoms with Gasteiger partial charge < -0.3 is 14.2 Å². The van der Waals surface area contributed by atoms with Crippen LogP contribution in [0.2, 0.25) is 0 Å². The summed E-state index contributed by atoms with van der Waals surface area (Å²) in [5.74, 6) is 1.37. The van der Waals surface area contributed by atoms with Gasteiger partial charge in [0.05, 0.1) is 7.11 Å². The molecule has 3 aromatic rings. The summed E-state index contributed by atoms with van der Waals surface area (Å²) in [6, 6.07) is 20.7. The fraction of sp³-hybridized carbons (Fsp3) is 0.182. The van der Waals surface area contributed by atoms with E-state index < -0.39 is 0 Å². The van der Waals surface area contributed by atoms with Crippen molar-refractivity contribution in [3.05, 3.63) is 71.8 Å². The molecule has 0 atom stereocenters. The Bertz CT molecular complexity index is 868. The fourth-order valence-corrected chi connectivity index (χ4v) is 2.60. The Kier molecular flexibility index (Phi) is 5.70. The smallest absolute Gasteiger partial charge is 0.189 e. The van der Waals surface area contributed by atoms with Crippen LogP contribution in [0.3, 0.4) is 0 Å². The average Bonchev–Trinajstić information content (AvgIpc) is 2.66. The van der Waals surface area contributed by atoms with Gasteiger partial charge in [0.2, 0.25) is 0 Å². The van der Waals surface area contributed by atoms with Gasteiger partial charge in [-0.2, -0.15) is 0 Å². The van der Waals surface area contributed by atoms with Gasteiger partial charge in [-0.3, -0.25) is 0 Å². The second-order valence-corrected chi connectivity index (χ2v) is 5.61. The highest BCUT2D eigenvalue weighted by atomic mass is 16.7. The maximum Gasteiger partial charge on any atom is 0.189 e. The Morgan fingerprint density at radius 3 is 2.28 bits per heavy atom. The molecular weight excluding hydrogens is 312 g/mol. The van der Waals surface area contributed by atoms with E-state index in [2.05, 4.69) is 54.6 Å². The molecular formula is C22H22O3. The van der Waals surface area contributed by atoms with Crippen LogP contribution >= 0.6 is 0 Å². The molecule has 0 heterocycles. The molecule has 0 aliphatic rings. The molecule has 0 aliphatic heterocycles. The number of benzene rings is 3. The number of fused-ring (bicyclic) bond motifs is 1. The summed E-state index contributed by atoms with van der Waals surface area (Å²) in [7, 11) is 1.63. The highest BCUT2D eigenvalue weighted by Crippen LogP contribution is 2.29. The van der Waals surface area contributed by atoms with Crippen molar-refractivity contribution in [1.29, 1.82) is 0 Å². The lowest BCUT2D eigenvalue weighted by molar-refractivity contribution is 0.0209. The standard InChI is InChI=1S/C22H22O3/c1-3-24-16-25-22-15-18(11-13-21(22)23-2)9-8-17-10-12-19-6-4-5-7-20(19)14-17/h4-15H,3,16H2,1-2H3/b9-8+. The fourth-order valence-electron chi connectivity index (χ4n) is 2.60. The predicted molar refractivity (Wildman–Crippen MR) is 103 cm³/mol. The minimum Gasteiger partial charge on any atom is -0.493 e. The van der Waals surface area contributed by atoms with Crippen molar-refractivity contribution in [3.8, 4) is 11.5 Å². The average molecular weight is 334 g/mol. The normalized spacial score (nSPS) is 11.1. The molecule has 0 saturated carbocycles. The third-order valence-corrected chi connectivity index (χ3v) is 3.93. The van der Waals surface area contributed by atoms with E-state index in [9.17, 15) is 0 Å². The van der Waals surface area contributed by atoms with Gasteiger partial charge >= 0.3 is 0 Å². The summed E-state index contributed by atoms with van der Waals surface area (Å²) in [6.07, 6.45) is 4.16. The second kappa shape index (κ2) is 8.36.